The van der Waals surface area contributed by atoms with Gasteiger partial charge in [0.2, 0.25) is 15.9 Å². The van der Waals surface area contributed by atoms with Crippen LogP contribution in [0.1, 0.15) is 17.5 Å². The Balaban J connectivity index is 1.96. The van der Waals surface area contributed by atoms with Gasteiger partial charge in [-0.1, -0.05) is 12.1 Å². The van der Waals surface area contributed by atoms with Gasteiger partial charge in [-0.3, -0.25) is 4.79 Å². The zero-order valence-electron chi connectivity index (χ0n) is 13.8. The number of nitrogens with zero attached hydrogens (tertiary/aromatic N) is 1. The molecule has 0 saturated heterocycles. The molecule has 0 aliphatic heterocycles. The number of carbonyl (C=O) groups excluding carboxylic acids is 1. The maximum Gasteiger partial charge on any atom is 0.244 e. The minimum Gasteiger partial charge on any atom is -0.383 e. The quantitative estimate of drug-likeness (QED) is 0.655. The lowest BCUT2D eigenvalue weighted by Gasteiger charge is -2.11. The first-order valence-corrected chi connectivity index (χ1v) is 9.74. The van der Waals surface area contributed by atoms with Gasteiger partial charge in [0.25, 0.3) is 0 Å². The Morgan fingerprint density at radius 2 is 2.00 bits per heavy atom. The van der Waals surface area contributed by atoms with Crippen LogP contribution in [0.2, 0.25) is 0 Å². The van der Waals surface area contributed by atoms with E-state index in [1.165, 1.54) is 12.3 Å². The van der Waals surface area contributed by atoms with E-state index in [2.05, 4.69) is 31.0 Å². The first kappa shape index (κ1) is 19.4. The zero-order chi connectivity index (χ0) is 18.6. The van der Waals surface area contributed by atoms with Gasteiger partial charge in [-0.15, -0.1) is 0 Å². The Kier molecular flexibility index (Phi) is 6.15. The van der Waals surface area contributed by atoms with Gasteiger partial charge < -0.3 is 11.1 Å². The second-order valence-corrected chi connectivity index (χ2v) is 8.20. The highest BCUT2D eigenvalue weighted by atomic mass is 79.9. The van der Waals surface area contributed by atoms with E-state index < -0.39 is 10.0 Å². The van der Waals surface area contributed by atoms with Crippen molar-refractivity contribution in [1.29, 1.82) is 0 Å². The number of nitrogens with two attached hydrogens (primary N) is 1. The van der Waals surface area contributed by atoms with Gasteiger partial charge in [0.05, 0.1) is 0 Å². The van der Waals surface area contributed by atoms with Crippen molar-refractivity contribution in [3.8, 4) is 0 Å². The van der Waals surface area contributed by atoms with Crippen molar-refractivity contribution in [2.45, 2.75) is 25.2 Å². The number of aryl methyl sites for hydroxylation is 2. The number of nitrogen functional groups attached to an aromatic ring is 1. The maximum atomic E-state index is 12.3. The van der Waals surface area contributed by atoms with Crippen molar-refractivity contribution in [1.82, 2.24) is 9.71 Å². The van der Waals surface area contributed by atoms with Crippen LogP contribution in [0, 0.1) is 13.8 Å². The molecule has 1 aromatic carbocycles. The highest BCUT2D eigenvalue weighted by Gasteiger charge is 2.19. The molecule has 0 spiro atoms. The molecule has 1 heterocycles. The molecule has 1 aromatic heterocycles. The summed E-state index contributed by atoms with van der Waals surface area (Å²) in [6, 6.07) is 7.10. The zero-order valence-corrected chi connectivity index (χ0v) is 16.2. The Hall–Kier alpha value is -1.97. The van der Waals surface area contributed by atoms with Gasteiger partial charge in [0, 0.05) is 29.3 Å². The van der Waals surface area contributed by atoms with Crippen molar-refractivity contribution in [2.24, 2.45) is 0 Å². The number of carbonyl (C=O) groups is 1. The summed E-state index contributed by atoms with van der Waals surface area (Å²) in [5, 5.41) is 2.78. The largest absolute Gasteiger partial charge is 0.383 e. The average molecular weight is 427 g/mol. The number of hydrogen-bond acceptors (Lipinski definition) is 5. The number of hydrogen-bond donors (Lipinski definition) is 3. The Morgan fingerprint density at radius 1 is 1.28 bits per heavy atom. The van der Waals surface area contributed by atoms with E-state index >= 15 is 0 Å². The molecule has 25 heavy (non-hydrogen) atoms. The highest BCUT2D eigenvalue weighted by molar-refractivity contribution is 9.10. The van der Waals surface area contributed by atoms with Gasteiger partial charge in [0.1, 0.15) is 10.7 Å². The first-order chi connectivity index (χ1) is 11.7. The van der Waals surface area contributed by atoms with Crippen LogP contribution in [0.15, 0.2) is 39.8 Å². The molecule has 0 aliphatic carbocycles. The fourth-order valence-corrected chi connectivity index (χ4v) is 3.73. The second kappa shape index (κ2) is 7.94. The number of sulfonamides is 1. The minimum atomic E-state index is -3.84. The third-order valence-corrected chi connectivity index (χ3v) is 5.37. The predicted octanol–water partition coefficient (Wildman–Crippen LogP) is 2.35. The van der Waals surface area contributed by atoms with Crippen molar-refractivity contribution in [3.05, 3.63) is 46.1 Å². The van der Waals surface area contributed by atoms with Crippen molar-refractivity contribution in [2.75, 3.05) is 17.6 Å². The second-order valence-electron chi connectivity index (χ2n) is 5.55. The van der Waals surface area contributed by atoms with Crippen LogP contribution in [-0.2, 0) is 14.8 Å². The average Bonchev–Trinajstić information content (AvgIpc) is 2.53. The predicted molar refractivity (Wildman–Crippen MR) is 101 cm³/mol. The Morgan fingerprint density at radius 3 is 2.72 bits per heavy atom. The van der Waals surface area contributed by atoms with Crippen LogP contribution < -0.4 is 15.8 Å². The van der Waals surface area contributed by atoms with E-state index in [0.717, 1.165) is 11.1 Å². The molecule has 0 fully saturated rings. The van der Waals surface area contributed by atoms with Gasteiger partial charge in [-0.2, -0.15) is 0 Å². The standard InChI is InChI=1S/C16H19BrN4O3S/c1-10-3-4-11(2)13(7-10)21-15(22)5-6-20-25(23,24)14-8-12(17)9-19-16(14)18/h3-4,7-9,20H,5-6H2,1-2H3,(H2,18,19)(H,21,22). The number of benzene rings is 1. The SMILES string of the molecule is Cc1ccc(C)c(NC(=O)CCNS(=O)(=O)c2cc(Br)cnc2N)c1. The maximum absolute atomic E-state index is 12.3. The molecule has 0 saturated carbocycles. The van der Waals surface area contributed by atoms with Gasteiger partial charge >= 0.3 is 0 Å². The van der Waals surface area contributed by atoms with Crippen LogP contribution in [0.3, 0.4) is 0 Å². The molecule has 0 unspecified atom stereocenters. The molecule has 7 nitrogen and oxygen atoms in total. The number of nitrogens with one attached hydrogen (secondary N) is 2. The lowest BCUT2D eigenvalue weighted by atomic mass is 10.1. The highest BCUT2D eigenvalue weighted by Crippen LogP contribution is 2.20. The fourth-order valence-electron chi connectivity index (χ4n) is 2.11. The molecule has 0 bridgehead atoms. The molecule has 0 aliphatic rings. The first-order valence-electron chi connectivity index (χ1n) is 7.47. The van der Waals surface area contributed by atoms with Crippen LogP contribution in [0.4, 0.5) is 11.5 Å². The van der Waals surface area contributed by atoms with E-state index in [9.17, 15) is 13.2 Å². The molecule has 9 heteroatoms. The van der Waals surface area contributed by atoms with Crippen LogP contribution in [0.25, 0.3) is 0 Å². The summed E-state index contributed by atoms with van der Waals surface area (Å²) in [7, 11) is -3.84. The lowest BCUT2D eigenvalue weighted by molar-refractivity contribution is -0.116. The van der Waals surface area contributed by atoms with E-state index in [-0.39, 0.29) is 29.6 Å². The number of pyridine rings is 1. The lowest BCUT2D eigenvalue weighted by Crippen LogP contribution is -2.28. The summed E-state index contributed by atoms with van der Waals surface area (Å²) in [5.41, 5.74) is 8.29. The number of amides is 1. The molecule has 0 radical (unpaired) electrons. The smallest absolute Gasteiger partial charge is 0.244 e. The summed E-state index contributed by atoms with van der Waals surface area (Å²) in [5.74, 6) is -0.382. The molecule has 0 atom stereocenters. The van der Waals surface area contributed by atoms with Gasteiger partial charge in [-0.25, -0.2) is 18.1 Å². The molecular weight excluding hydrogens is 408 g/mol. The summed E-state index contributed by atoms with van der Waals surface area (Å²) < 4.78 is 27.4. The van der Waals surface area contributed by atoms with E-state index in [1.807, 2.05) is 32.0 Å². The molecular formula is C16H19BrN4O3S. The third kappa shape index (κ3) is 5.25. The summed E-state index contributed by atoms with van der Waals surface area (Å²) in [4.78, 5) is 15.7. The van der Waals surface area contributed by atoms with Crippen molar-refractivity contribution in [3.63, 3.8) is 0 Å². The summed E-state index contributed by atoms with van der Waals surface area (Å²) in [6.45, 7) is 3.77. The molecule has 134 valence electrons. The Bertz CT molecular complexity index is 900. The minimum absolute atomic E-state index is 0.00600. The number of rotatable bonds is 6. The van der Waals surface area contributed by atoms with Gasteiger partial charge in [-0.05, 0) is 53.0 Å². The normalized spacial score (nSPS) is 11.3. The topological polar surface area (TPSA) is 114 Å². The molecule has 4 N–H and O–H groups in total. The van der Waals surface area contributed by atoms with E-state index in [1.54, 1.807) is 0 Å². The monoisotopic (exact) mass is 426 g/mol. The molecule has 1 amide bonds. The Labute approximate surface area is 155 Å². The van der Waals surface area contributed by atoms with Crippen molar-refractivity contribution >= 4 is 43.4 Å². The number of anilines is 2. The van der Waals surface area contributed by atoms with Crippen molar-refractivity contribution < 1.29 is 13.2 Å². The number of halogens is 1. The summed E-state index contributed by atoms with van der Waals surface area (Å²) >= 11 is 3.16. The number of aromatic nitrogens is 1. The fraction of sp³-hybridized carbons (Fsp3) is 0.250. The molecule has 2 aromatic rings. The van der Waals surface area contributed by atoms with E-state index in [4.69, 9.17) is 5.73 Å². The van der Waals surface area contributed by atoms with Crippen LogP contribution >= 0.6 is 15.9 Å². The summed E-state index contributed by atoms with van der Waals surface area (Å²) in [6.07, 6.45) is 1.40. The van der Waals surface area contributed by atoms with Gasteiger partial charge in [0.15, 0.2) is 0 Å². The van der Waals surface area contributed by atoms with E-state index in [0.29, 0.717) is 10.2 Å². The molecule has 2 rings (SSSR count). The van der Waals surface area contributed by atoms with Crippen LogP contribution in [-0.4, -0.2) is 25.9 Å². The third-order valence-electron chi connectivity index (χ3n) is 3.45. The van der Waals surface area contributed by atoms with Crippen LogP contribution in [0.5, 0.6) is 0 Å².